The van der Waals surface area contributed by atoms with Crippen molar-refractivity contribution in [3.8, 4) is 17.0 Å². The SMILES string of the molecule is COc1ncc(-c2ccc(Br)cc2)cc1C(c1ccccc1)C(CC=O)(ON)c1cc(F)cc(F)c1. The zero-order chi connectivity index (χ0) is 25.7. The van der Waals surface area contributed by atoms with Gasteiger partial charge in [0, 0.05) is 34.3 Å². The maximum absolute atomic E-state index is 14.4. The predicted molar refractivity (Wildman–Crippen MR) is 136 cm³/mol. The molecule has 4 aromatic rings. The van der Waals surface area contributed by atoms with Crippen LogP contribution in [0.25, 0.3) is 11.1 Å². The Hall–Kier alpha value is -3.46. The van der Waals surface area contributed by atoms with Crippen molar-refractivity contribution in [1.29, 1.82) is 0 Å². The lowest BCUT2D eigenvalue weighted by Gasteiger charge is -2.39. The number of ether oxygens (including phenoxy) is 1. The highest BCUT2D eigenvalue weighted by molar-refractivity contribution is 9.10. The van der Waals surface area contributed by atoms with Crippen LogP contribution >= 0.6 is 15.9 Å². The maximum atomic E-state index is 14.4. The highest BCUT2D eigenvalue weighted by Gasteiger charge is 2.45. The van der Waals surface area contributed by atoms with Gasteiger partial charge in [0.15, 0.2) is 0 Å². The third-order valence-electron chi connectivity index (χ3n) is 6.11. The second kappa shape index (κ2) is 11.1. The van der Waals surface area contributed by atoms with Crippen LogP contribution in [-0.4, -0.2) is 18.4 Å². The van der Waals surface area contributed by atoms with Gasteiger partial charge in [0.05, 0.1) is 13.0 Å². The molecule has 0 amide bonds. The van der Waals surface area contributed by atoms with Crippen LogP contribution in [0.3, 0.4) is 0 Å². The minimum absolute atomic E-state index is 0.0690. The van der Waals surface area contributed by atoms with Gasteiger partial charge in [-0.2, -0.15) is 0 Å². The van der Waals surface area contributed by atoms with Gasteiger partial charge in [0.2, 0.25) is 5.88 Å². The summed E-state index contributed by atoms with van der Waals surface area (Å²) in [5.74, 6) is 3.68. The smallest absolute Gasteiger partial charge is 0.217 e. The molecule has 36 heavy (non-hydrogen) atoms. The van der Waals surface area contributed by atoms with Crippen LogP contribution in [0.2, 0.25) is 0 Å². The van der Waals surface area contributed by atoms with Crippen LogP contribution in [0.15, 0.2) is 89.5 Å². The molecule has 0 aliphatic carbocycles. The molecule has 0 saturated heterocycles. The third kappa shape index (κ3) is 5.06. The molecule has 2 atom stereocenters. The van der Waals surface area contributed by atoms with Gasteiger partial charge in [-0.1, -0.05) is 58.4 Å². The quantitative estimate of drug-likeness (QED) is 0.195. The van der Waals surface area contributed by atoms with Crippen molar-refractivity contribution < 1.29 is 23.1 Å². The van der Waals surface area contributed by atoms with Gasteiger partial charge in [-0.15, -0.1) is 0 Å². The van der Waals surface area contributed by atoms with E-state index in [0.717, 1.165) is 33.8 Å². The van der Waals surface area contributed by atoms with E-state index >= 15 is 0 Å². The molecule has 0 bridgehead atoms. The summed E-state index contributed by atoms with van der Waals surface area (Å²) in [7, 11) is 1.47. The van der Waals surface area contributed by atoms with Crippen molar-refractivity contribution in [2.24, 2.45) is 5.90 Å². The molecule has 2 unspecified atom stereocenters. The van der Waals surface area contributed by atoms with Crippen molar-refractivity contribution >= 4 is 22.2 Å². The Morgan fingerprint density at radius 2 is 1.67 bits per heavy atom. The minimum atomic E-state index is -1.68. The molecule has 0 radical (unpaired) electrons. The van der Waals surface area contributed by atoms with E-state index in [-0.39, 0.29) is 17.9 Å². The van der Waals surface area contributed by atoms with Crippen LogP contribution in [0.4, 0.5) is 8.78 Å². The fourth-order valence-electron chi connectivity index (χ4n) is 4.50. The Labute approximate surface area is 216 Å². The molecule has 0 spiro atoms. The number of carbonyl (C=O) groups excluding carboxylic acids is 1. The monoisotopic (exact) mass is 552 g/mol. The molecule has 0 saturated carbocycles. The lowest BCUT2D eigenvalue weighted by atomic mass is 9.71. The summed E-state index contributed by atoms with van der Waals surface area (Å²) in [4.78, 5) is 22.1. The van der Waals surface area contributed by atoms with Crippen molar-refractivity contribution in [3.63, 3.8) is 0 Å². The van der Waals surface area contributed by atoms with E-state index in [2.05, 4.69) is 20.9 Å². The molecule has 0 aliphatic heterocycles. The van der Waals surface area contributed by atoms with Gasteiger partial charge in [-0.25, -0.2) is 19.7 Å². The van der Waals surface area contributed by atoms with Gasteiger partial charge in [-0.05, 0) is 47.0 Å². The average Bonchev–Trinajstić information content (AvgIpc) is 2.88. The van der Waals surface area contributed by atoms with Gasteiger partial charge < -0.3 is 9.53 Å². The number of methoxy groups -OCH3 is 1. The highest BCUT2D eigenvalue weighted by Crippen LogP contribution is 2.49. The Morgan fingerprint density at radius 3 is 2.25 bits per heavy atom. The summed E-state index contributed by atoms with van der Waals surface area (Å²) >= 11 is 3.44. The van der Waals surface area contributed by atoms with Crippen molar-refractivity contribution in [2.45, 2.75) is 17.9 Å². The summed E-state index contributed by atoms with van der Waals surface area (Å²) in [6, 6.07) is 21.6. The summed E-state index contributed by atoms with van der Waals surface area (Å²) in [6.07, 6.45) is 1.99. The first kappa shape index (κ1) is 25.6. The van der Waals surface area contributed by atoms with Crippen LogP contribution in [0, 0.1) is 11.6 Å². The average molecular weight is 553 g/mol. The number of nitrogens with two attached hydrogens (primary N) is 1. The first-order chi connectivity index (χ1) is 17.4. The lowest BCUT2D eigenvalue weighted by Crippen LogP contribution is -2.40. The van der Waals surface area contributed by atoms with E-state index in [4.69, 9.17) is 15.5 Å². The Bertz CT molecular complexity index is 1330. The number of hydrogen-bond acceptors (Lipinski definition) is 5. The van der Waals surface area contributed by atoms with Crippen LogP contribution in [0.5, 0.6) is 5.88 Å². The number of carbonyl (C=O) groups is 1. The Kier molecular flexibility index (Phi) is 7.88. The third-order valence-corrected chi connectivity index (χ3v) is 6.64. The fraction of sp³-hybridized carbons (Fsp3) is 0.143. The maximum Gasteiger partial charge on any atom is 0.217 e. The number of rotatable bonds is 9. The fourth-order valence-corrected chi connectivity index (χ4v) is 4.77. The van der Waals surface area contributed by atoms with Crippen LogP contribution < -0.4 is 10.6 Å². The Balaban J connectivity index is 2.04. The van der Waals surface area contributed by atoms with Crippen LogP contribution in [-0.2, 0) is 15.2 Å². The second-order valence-corrected chi connectivity index (χ2v) is 9.13. The molecule has 4 rings (SSSR count). The van der Waals surface area contributed by atoms with Gasteiger partial charge in [0.1, 0.15) is 23.5 Å². The Morgan fingerprint density at radius 1 is 1.00 bits per heavy atom. The molecule has 2 N–H and O–H groups in total. The van der Waals surface area contributed by atoms with Gasteiger partial charge in [-0.3, -0.25) is 4.84 Å². The van der Waals surface area contributed by atoms with E-state index < -0.39 is 23.2 Å². The zero-order valence-electron chi connectivity index (χ0n) is 19.3. The molecule has 0 aliphatic rings. The normalized spacial score (nSPS) is 13.6. The number of benzene rings is 3. The van der Waals surface area contributed by atoms with E-state index in [0.29, 0.717) is 17.4 Å². The largest absolute Gasteiger partial charge is 0.481 e. The van der Waals surface area contributed by atoms with E-state index in [1.807, 2.05) is 60.7 Å². The van der Waals surface area contributed by atoms with E-state index in [1.54, 1.807) is 6.20 Å². The van der Waals surface area contributed by atoms with E-state index in [1.165, 1.54) is 7.11 Å². The van der Waals surface area contributed by atoms with Crippen molar-refractivity contribution in [1.82, 2.24) is 4.98 Å². The van der Waals surface area contributed by atoms with Crippen molar-refractivity contribution in [3.05, 3.63) is 118 Å². The molecule has 0 fully saturated rings. The number of hydrogen-bond donors (Lipinski definition) is 1. The number of halogens is 3. The number of aldehydes is 1. The summed E-state index contributed by atoms with van der Waals surface area (Å²) in [5, 5.41) is 0. The first-order valence-electron chi connectivity index (χ1n) is 11.0. The van der Waals surface area contributed by atoms with Crippen molar-refractivity contribution in [2.75, 3.05) is 7.11 Å². The lowest BCUT2D eigenvalue weighted by molar-refractivity contribution is -0.120. The molecule has 3 aromatic carbocycles. The zero-order valence-corrected chi connectivity index (χ0v) is 20.9. The van der Waals surface area contributed by atoms with Gasteiger partial charge in [0.25, 0.3) is 0 Å². The molecule has 184 valence electrons. The molecule has 1 heterocycles. The standard InChI is InChI=1S/C28H23BrF2N2O3/c1-35-27-25(13-20(17-33-27)18-7-9-22(29)10-8-18)26(19-5-3-2-4-6-19)28(36-32,11-12-34)21-14-23(30)16-24(31)15-21/h2-10,12-17,26H,11,32H2,1H3. The molecular weight excluding hydrogens is 530 g/mol. The van der Waals surface area contributed by atoms with Crippen LogP contribution in [0.1, 0.15) is 29.0 Å². The highest BCUT2D eigenvalue weighted by atomic mass is 79.9. The predicted octanol–water partition coefficient (Wildman–Crippen LogP) is 6.30. The molecular formula is C28H23BrF2N2O3. The van der Waals surface area contributed by atoms with E-state index in [9.17, 15) is 13.6 Å². The first-order valence-corrected chi connectivity index (χ1v) is 11.8. The second-order valence-electron chi connectivity index (χ2n) is 8.21. The summed E-state index contributed by atoms with van der Waals surface area (Å²) < 4.78 is 35.3. The molecule has 1 aromatic heterocycles. The summed E-state index contributed by atoms with van der Waals surface area (Å²) in [6.45, 7) is 0. The number of aromatic nitrogens is 1. The minimum Gasteiger partial charge on any atom is -0.481 e. The van der Waals surface area contributed by atoms with Gasteiger partial charge >= 0.3 is 0 Å². The number of nitrogens with zero attached hydrogens (tertiary/aromatic N) is 1. The molecule has 8 heteroatoms. The topological polar surface area (TPSA) is 74.4 Å². The number of pyridine rings is 1. The summed E-state index contributed by atoms with van der Waals surface area (Å²) in [5.41, 5.74) is 1.25. The molecule has 5 nitrogen and oxygen atoms in total.